The van der Waals surface area contributed by atoms with E-state index < -0.39 is 6.10 Å². The lowest BCUT2D eigenvalue weighted by molar-refractivity contribution is -0.124. The molecule has 3 N–H and O–H groups in total. The summed E-state index contributed by atoms with van der Waals surface area (Å²) in [6, 6.07) is 7.75. The molecule has 22 heavy (non-hydrogen) atoms. The van der Waals surface area contributed by atoms with Gasteiger partial charge in [-0.3, -0.25) is 4.79 Å². The molecule has 1 aliphatic rings. The van der Waals surface area contributed by atoms with Crippen LogP contribution >= 0.6 is 12.4 Å². The zero-order valence-electron chi connectivity index (χ0n) is 13.3. The van der Waals surface area contributed by atoms with Crippen molar-refractivity contribution in [3.63, 3.8) is 0 Å². The van der Waals surface area contributed by atoms with Crippen molar-refractivity contribution in [2.45, 2.75) is 45.3 Å². The van der Waals surface area contributed by atoms with Gasteiger partial charge in [0.25, 0.3) is 0 Å². The van der Waals surface area contributed by atoms with Gasteiger partial charge in [0.2, 0.25) is 5.91 Å². The minimum atomic E-state index is -0.470. The lowest BCUT2D eigenvalue weighted by Gasteiger charge is -2.27. The number of aliphatic hydroxyl groups is 1. The summed E-state index contributed by atoms with van der Waals surface area (Å²) < 4.78 is 0. The maximum Gasteiger partial charge on any atom is 0.241 e. The van der Waals surface area contributed by atoms with Crippen LogP contribution in [0.4, 0.5) is 0 Å². The summed E-state index contributed by atoms with van der Waals surface area (Å²) in [5, 5.41) is 16.3. The van der Waals surface area contributed by atoms with Crippen LogP contribution in [0.15, 0.2) is 24.3 Å². The van der Waals surface area contributed by atoms with Crippen LogP contribution in [-0.2, 0) is 11.2 Å². The number of hydrogen-bond acceptors (Lipinski definition) is 3. The third kappa shape index (κ3) is 4.45. The Balaban J connectivity index is 0.00000242. The van der Waals surface area contributed by atoms with Crippen LogP contribution in [0, 0.1) is 5.92 Å². The second-order valence-corrected chi connectivity index (χ2v) is 5.73. The van der Waals surface area contributed by atoms with Gasteiger partial charge in [-0.2, -0.15) is 0 Å². The van der Waals surface area contributed by atoms with E-state index in [0.717, 1.165) is 31.4 Å². The highest BCUT2D eigenvalue weighted by Crippen LogP contribution is 2.22. The van der Waals surface area contributed by atoms with Gasteiger partial charge < -0.3 is 15.7 Å². The van der Waals surface area contributed by atoms with Crippen LogP contribution in [0.25, 0.3) is 0 Å². The molecule has 0 aromatic heterocycles. The number of amides is 1. The fourth-order valence-corrected chi connectivity index (χ4v) is 3.05. The van der Waals surface area contributed by atoms with Gasteiger partial charge in [0.1, 0.15) is 6.04 Å². The Morgan fingerprint density at radius 2 is 2.05 bits per heavy atom. The van der Waals surface area contributed by atoms with E-state index in [2.05, 4.69) is 30.5 Å². The van der Waals surface area contributed by atoms with E-state index in [9.17, 15) is 9.90 Å². The molecular weight excluding hydrogens is 300 g/mol. The van der Waals surface area contributed by atoms with E-state index in [1.165, 1.54) is 5.56 Å². The highest BCUT2D eigenvalue weighted by Gasteiger charge is 2.26. The fourth-order valence-electron chi connectivity index (χ4n) is 3.05. The van der Waals surface area contributed by atoms with Gasteiger partial charge in [0.15, 0.2) is 0 Å². The summed E-state index contributed by atoms with van der Waals surface area (Å²) >= 11 is 0. The molecule has 2 atom stereocenters. The normalized spacial score (nSPS) is 18.3. The Morgan fingerprint density at radius 3 is 2.73 bits per heavy atom. The van der Waals surface area contributed by atoms with Crippen molar-refractivity contribution in [2.24, 2.45) is 5.92 Å². The van der Waals surface area contributed by atoms with Crippen molar-refractivity contribution < 1.29 is 9.90 Å². The minimum absolute atomic E-state index is 0. The average Bonchev–Trinajstić information content (AvgIpc) is 2.53. The van der Waals surface area contributed by atoms with E-state index >= 15 is 0 Å². The smallest absolute Gasteiger partial charge is 0.241 e. The Morgan fingerprint density at radius 1 is 1.36 bits per heavy atom. The molecule has 1 aromatic rings. The first-order valence-corrected chi connectivity index (χ1v) is 7.94. The number of halogens is 1. The number of carbonyl (C=O) groups is 1. The monoisotopic (exact) mass is 326 g/mol. The molecule has 5 heteroatoms. The molecular formula is C17H27ClN2O2. The standard InChI is InChI=1S/C17H26N2O2.ClH/c1-3-12(4-2)15(20)11-19-17(21)16-14-8-6-5-7-13(14)9-10-18-16;/h5-8,12,15-16,18,20H,3-4,9-11H2,1-2H3,(H,19,21);1H. The first-order valence-electron chi connectivity index (χ1n) is 7.94. The molecule has 0 saturated heterocycles. The van der Waals surface area contributed by atoms with Gasteiger partial charge in [0.05, 0.1) is 6.10 Å². The number of aliphatic hydroxyl groups excluding tert-OH is 1. The molecule has 1 aliphatic heterocycles. The van der Waals surface area contributed by atoms with Gasteiger partial charge in [-0.25, -0.2) is 0 Å². The summed E-state index contributed by atoms with van der Waals surface area (Å²) in [5.74, 6) is 0.198. The van der Waals surface area contributed by atoms with E-state index in [1.807, 2.05) is 18.2 Å². The lowest BCUT2D eigenvalue weighted by Crippen LogP contribution is -2.44. The Hall–Kier alpha value is -1.10. The SMILES string of the molecule is CCC(CC)C(O)CNC(=O)C1NCCc2ccccc21.Cl. The second kappa shape index (κ2) is 9.13. The Labute approximate surface area is 139 Å². The van der Waals surface area contributed by atoms with E-state index in [-0.39, 0.29) is 30.3 Å². The van der Waals surface area contributed by atoms with E-state index in [1.54, 1.807) is 0 Å². The van der Waals surface area contributed by atoms with Crippen molar-refractivity contribution in [1.82, 2.24) is 10.6 Å². The highest BCUT2D eigenvalue weighted by atomic mass is 35.5. The summed E-state index contributed by atoms with van der Waals surface area (Å²) in [5.41, 5.74) is 2.29. The number of benzene rings is 1. The topological polar surface area (TPSA) is 61.4 Å². The fraction of sp³-hybridized carbons (Fsp3) is 0.588. The zero-order chi connectivity index (χ0) is 15.2. The molecule has 0 spiro atoms. The van der Waals surface area contributed by atoms with Crippen LogP contribution in [0.5, 0.6) is 0 Å². The summed E-state index contributed by atoms with van der Waals surface area (Å²) in [6.07, 6.45) is 2.34. The third-order valence-electron chi connectivity index (χ3n) is 4.45. The molecule has 124 valence electrons. The zero-order valence-corrected chi connectivity index (χ0v) is 14.2. The molecule has 0 saturated carbocycles. The number of rotatable bonds is 6. The second-order valence-electron chi connectivity index (χ2n) is 5.73. The molecule has 1 amide bonds. The number of nitrogens with one attached hydrogen (secondary N) is 2. The first-order chi connectivity index (χ1) is 10.2. The third-order valence-corrected chi connectivity index (χ3v) is 4.45. The van der Waals surface area contributed by atoms with Crippen LogP contribution in [0.1, 0.15) is 43.9 Å². The molecule has 0 aliphatic carbocycles. The van der Waals surface area contributed by atoms with Gasteiger partial charge in [-0.1, -0.05) is 51.0 Å². The van der Waals surface area contributed by atoms with Gasteiger partial charge in [0, 0.05) is 13.1 Å². The van der Waals surface area contributed by atoms with Crippen molar-refractivity contribution >= 4 is 18.3 Å². The van der Waals surface area contributed by atoms with Crippen molar-refractivity contribution in [3.05, 3.63) is 35.4 Å². The molecule has 0 radical (unpaired) electrons. The maximum absolute atomic E-state index is 12.4. The van der Waals surface area contributed by atoms with Crippen LogP contribution in [0.2, 0.25) is 0 Å². The van der Waals surface area contributed by atoms with Gasteiger partial charge >= 0.3 is 0 Å². The van der Waals surface area contributed by atoms with Crippen molar-refractivity contribution in [1.29, 1.82) is 0 Å². The quantitative estimate of drug-likeness (QED) is 0.751. The molecule has 4 nitrogen and oxygen atoms in total. The van der Waals surface area contributed by atoms with E-state index in [0.29, 0.717) is 6.54 Å². The summed E-state index contributed by atoms with van der Waals surface area (Å²) in [7, 11) is 0. The predicted molar refractivity (Wildman–Crippen MR) is 91.2 cm³/mol. The maximum atomic E-state index is 12.4. The Kier molecular flexibility index (Phi) is 7.87. The van der Waals surface area contributed by atoms with Crippen molar-refractivity contribution in [3.8, 4) is 0 Å². The molecule has 1 aromatic carbocycles. The van der Waals surface area contributed by atoms with Crippen LogP contribution in [0.3, 0.4) is 0 Å². The lowest BCUT2D eigenvalue weighted by atomic mass is 9.93. The summed E-state index contributed by atoms with van der Waals surface area (Å²) in [6.45, 7) is 5.27. The highest BCUT2D eigenvalue weighted by molar-refractivity contribution is 5.85. The summed E-state index contributed by atoms with van der Waals surface area (Å²) in [4.78, 5) is 12.4. The van der Waals surface area contributed by atoms with E-state index in [4.69, 9.17) is 0 Å². The average molecular weight is 327 g/mol. The molecule has 1 heterocycles. The Bertz CT molecular complexity index is 477. The minimum Gasteiger partial charge on any atom is -0.391 e. The number of fused-ring (bicyclic) bond motifs is 1. The van der Waals surface area contributed by atoms with Crippen molar-refractivity contribution in [2.75, 3.05) is 13.1 Å². The number of carbonyl (C=O) groups excluding carboxylic acids is 1. The first kappa shape index (κ1) is 18.9. The molecule has 0 bridgehead atoms. The molecule has 2 rings (SSSR count). The largest absolute Gasteiger partial charge is 0.391 e. The molecule has 0 fully saturated rings. The van der Waals surface area contributed by atoms with Gasteiger partial charge in [-0.15, -0.1) is 12.4 Å². The van der Waals surface area contributed by atoms with Crippen LogP contribution < -0.4 is 10.6 Å². The van der Waals surface area contributed by atoms with Crippen LogP contribution in [-0.4, -0.2) is 30.2 Å². The predicted octanol–water partition coefficient (Wildman–Crippen LogP) is 2.21. The van der Waals surface area contributed by atoms with Gasteiger partial charge in [-0.05, 0) is 23.5 Å². The molecule has 2 unspecified atom stereocenters. The number of hydrogen-bond donors (Lipinski definition) is 3.